The monoisotopic (exact) mass is 234 g/mol. The first kappa shape index (κ1) is 12.4. The van der Waals surface area contributed by atoms with Gasteiger partial charge in [0.1, 0.15) is 0 Å². The number of nitrogens with zero attached hydrogens (tertiary/aromatic N) is 1. The zero-order valence-corrected chi connectivity index (χ0v) is 10.8. The molecule has 0 radical (unpaired) electrons. The van der Waals surface area contributed by atoms with Crippen LogP contribution in [0.1, 0.15) is 31.9 Å². The van der Waals surface area contributed by atoms with Crippen molar-refractivity contribution in [2.45, 2.75) is 32.7 Å². The summed E-state index contributed by atoms with van der Waals surface area (Å²) < 4.78 is 5.11. The molecule has 0 aromatic carbocycles. The minimum atomic E-state index is 0.693. The largest absolute Gasteiger partial charge is 0.481 e. The van der Waals surface area contributed by atoms with E-state index in [2.05, 4.69) is 17.2 Å². The first-order chi connectivity index (χ1) is 8.29. The van der Waals surface area contributed by atoms with Crippen molar-refractivity contribution in [2.75, 3.05) is 13.7 Å². The van der Waals surface area contributed by atoms with Gasteiger partial charge < -0.3 is 10.1 Å². The summed E-state index contributed by atoms with van der Waals surface area (Å²) >= 11 is 0. The van der Waals surface area contributed by atoms with E-state index in [1.54, 1.807) is 7.11 Å². The first-order valence-corrected chi connectivity index (χ1v) is 6.50. The van der Waals surface area contributed by atoms with Crippen molar-refractivity contribution in [3.05, 3.63) is 23.9 Å². The Balaban J connectivity index is 1.77. The molecule has 0 saturated heterocycles. The van der Waals surface area contributed by atoms with E-state index in [1.165, 1.54) is 19.3 Å². The van der Waals surface area contributed by atoms with Crippen molar-refractivity contribution in [1.82, 2.24) is 10.3 Å². The lowest BCUT2D eigenvalue weighted by Crippen LogP contribution is -2.24. The Morgan fingerprint density at radius 2 is 2.29 bits per heavy atom. The van der Waals surface area contributed by atoms with E-state index in [0.717, 1.165) is 30.6 Å². The van der Waals surface area contributed by atoms with E-state index in [4.69, 9.17) is 4.74 Å². The maximum absolute atomic E-state index is 5.11. The van der Waals surface area contributed by atoms with Crippen LogP contribution in [0.5, 0.6) is 5.88 Å². The standard InChI is InChI=1S/C14H22N2O/c1-11-5-3-6-12(11)9-15-10-13-7-4-8-14(16-13)17-2/h4,7-8,11-12,15H,3,5-6,9-10H2,1-2H3. The van der Waals surface area contributed by atoms with Gasteiger partial charge in [-0.15, -0.1) is 0 Å². The third kappa shape index (κ3) is 3.43. The Labute approximate surface area is 104 Å². The third-order valence-corrected chi connectivity index (χ3v) is 3.74. The van der Waals surface area contributed by atoms with Crippen molar-refractivity contribution >= 4 is 0 Å². The molecule has 1 heterocycles. The number of aromatic nitrogens is 1. The highest BCUT2D eigenvalue weighted by Crippen LogP contribution is 2.30. The summed E-state index contributed by atoms with van der Waals surface area (Å²) in [5.41, 5.74) is 1.05. The molecular weight excluding hydrogens is 212 g/mol. The highest BCUT2D eigenvalue weighted by molar-refractivity contribution is 5.15. The Bertz CT molecular complexity index is 354. The molecule has 2 unspecified atom stereocenters. The number of ether oxygens (including phenoxy) is 1. The van der Waals surface area contributed by atoms with Crippen molar-refractivity contribution in [3.8, 4) is 5.88 Å². The summed E-state index contributed by atoms with van der Waals surface area (Å²) in [6.07, 6.45) is 4.16. The van der Waals surface area contributed by atoms with Crippen LogP contribution in [0.3, 0.4) is 0 Å². The van der Waals surface area contributed by atoms with Gasteiger partial charge >= 0.3 is 0 Å². The van der Waals surface area contributed by atoms with E-state index in [-0.39, 0.29) is 0 Å². The number of hydrogen-bond acceptors (Lipinski definition) is 3. The van der Waals surface area contributed by atoms with Crippen molar-refractivity contribution < 1.29 is 4.74 Å². The molecule has 17 heavy (non-hydrogen) atoms. The van der Waals surface area contributed by atoms with Gasteiger partial charge in [-0.05, 0) is 30.9 Å². The fourth-order valence-corrected chi connectivity index (χ4v) is 2.58. The lowest BCUT2D eigenvalue weighted by atomic mass is 9.98. The van der Waals surface area contributed by atoms with Crippen LogP contribution in [0.4, 0.5) is 0 Å². The molecule has 3 heteroatoms. The molecule has 2 atom stereocenters. The van der Waals surface area contributed by atoms with E-state index >= 15 is 0 Å². The van der Waals surface area contributed by atoms with Crippen LogP contribution in [0, 0.1) is 11.8 Å². The molecule has 1 N–H and O–H groups in total. The zero-order chi connectivity index (χ0) is 12.1. The lowest BCUT2D eigenvalue weighted by Gasteiger charge is -2.15. The summed E-state index contributed by atoms with van der Waals surface area (Å²) in [5.74, 6) is 2.42. The van der Waals surface area contributed by atoms with Crippen LogP contribution in [-0.2, 0) is 6.54 Å². The molecule has 1 aromatic rings. The molecule has 1 aliphatic carbocycles. The number of methoxy groups -OCH3 is 1. The van der Waals surface area contributed by atoms with Gasteiger partial charge in [0.15, 0.2) is 0 Å². The summed E-state index contributed by atoms with van der Waals surface area (Å²) in [7, 11) is 1.65. The minimum absolute atomic E-state index is 0.693. The van der Waals surface area contributed by atoms with Crippen molar-refractivity contribution in [1.29, 1.82) is 0 Å². The smallest absolute Gasteiger partial charge is 0.213 e. The highest BCUT2D eigenvalue weighted by Gasteiger charge is 2.22. The van der Waals surface area contributed by atoms with Crippen LogP contribution in [0.2, 0.25) is 0 Å². The molecule has 1 saturated carbocycles. The van der Waals surface area contributed by atoms with Crippen LogP contribution in [0.15, 0.2) is 18.2 Å². The molecule has 1 aromatic heterocycles. The molecule has 94 valence electrons. The molecule has 0 spiro atoms. The number of hydrogen-bond donors (Lipinski definition) is 1. The normalized spacial score (nSPS) is 23.9. The number of nitrogens with one attached hydrogen (secondary N) is 1. The average molecular weight is 234 g/mol. The minimum Gasteiger partial charge on any atom is -0.481 e. The predicted octanol–water partition coefficient (Wildman–Crippen LogP) is 2.62. The molecule has 0 amide bonds. The van der Waals surface area contributed by atoms with Gasteiger partial charge in [-0.25, -0.2) is 4.98 Å². The van der Waals surface area contributed by atoms with Crippen molar-refractivity contribution in [2.24, 2.45) is 11.8 Å². The Kier molecular flexibility index (Phi) is 4.37. The van der Waals surface area contributed by atoms with Gasteiger partial charge in [0.05, 0.1) is 12.8 Å². The van der Waals surface area contributed by atoms with E-state index in [0.29, 0.717) is 5.88 Å². The maximum atomic E-state index is 5.11. The average Bonchev–Trinajstić information content (AvgIpc) is 2.76. The Hall–Kier alpha value is -1.09. The SMILES string of the molecule is COc1cccc(CNCC2CCCC2C)n1. The van der Waals surface area contributed by atoms with E-state index in [9.17, 15) is 0 Å². The second-order valence-electron chi connectivity index (χ2n) is 4.97. The molecule has 0 bridgehead atoms. The maximum Gasteiger partial charge on any atom is 0.213 e. The lowest BCUT2D eigenvalue weighted by molar-refractivity contribution is 0.385. The summed E-state index contributed by atoms with van der Waals surface area (Å²) in [4.78, 5) is 4.39. The number of rotatable bonds is 5. The van der Waals surface area contributed by atoms with Crippen LogP contribution in [0.25, 0.3) is 0 Å². The second-order valence-corrected chi connectivity index (χ2v) is 4.97. The molecule has 0 aliphatic heterocycles. The highest BCUT2D eigenvalue weighted by atomic mass is 16.5. The number of pyridine rings is 1. The molecule has 1 fully saturated rings. The predicted molar refractivity (Wildman–Crippen MR) is 69.0 cm³/mol. The molecule has 1 aliphatic rings. The van der Waals surface area contributed by atoms with Gasteiger partial charge in [-0.3, -0.25) is 0 Å². The third-order valence-electron chi connectivity index (χ3n) is 3.74. The fraction of sp³-hybridized carbons (Fsp3) is 0.643. The van der Waals surface area contributed by atoms with Crippen LogP contribution < -0.4 is 10.1 Å². The van der Waals surface area contributed by atoms with Gasteiger partial charge in [0, 0.05) is 12.6 Å². The van der Waals surface area contributed by atoms with E-state index < -0.39 is 0 Å². The van der Waals surface area contributed by atoms with Crippen LogP contribution in [-0.4, -0.2) is 18.6 Å². The van der Waals surface area contributed by atoms with Crippen LogP contribution >= 0.6 is 0 Å². The Morgan fingerprint density at radius 3 is 3.00 bits per heavy atom. The van der Waals surface area contributed by atoms with Gasteiger partial charge in [0.2, 0.25) is 5.88 Å². The van der Waals surface area contributed by atoms with Crippen molar-refractivity contribution in [3.63, 3.8) is 0 Å². The molecular formula is C14H22N2O. The topological polar surface area (TPSA) is 34.1 Å². The quantitative estimate of drug-likeness (QED) is 0.850. The Morgan fingerprint density at radius 1 is 1.41 bits per heavy atom. The first-order valence-electron chi connectivity index (χ1n) is 6.50. The second kappa shape index (κ2) is 6.01. The summed E-state index contributed by atoms with van der Waals surface area (Å²) in [5, 5.41) is 3.51. The molecule has 2 rings (SSSR count). The fourth-order valence-electron chi connectivity index (χ4n) is 2.58. The molecule has 3 nitrogen and oxygen atoms in total. The van der Waals surface area contributed by atoms with Gasteiger partial charge in [-0.2, -0.15) is 0 Å². The van der Waals surface area contributed by atoms with E-state index in [1.807, 2.05) is 18.2 Å². The summed E-state index contributed by atoms with van der Waals surface area (Å²) in [6.45, 7) is 4.31. The van der Waals surface area contributed by atoms with Gasteiger partial charge in [0.25, 0.3) is 0 Å². The van der Waals surface area contributed by atoms with Gasteiger partial charge in [-0.1, -0.05) is 25.8 Å². The summed E-state index contributed by atoms with van der Waals surface area (Å²) in [6, 6.07) is 5.90. The zero-order valence-electron chi connectivity index (χ0n) is 10.8.